The molecule has 1 aromatic carbocycles. The first-order valence-corrected chi connectivity index (χ1v) is 9.05. The van der Waals surface area contributed by atoms with E-state index in [-0.39, 0.29) is 16.8 Å². The first kappa shape index (κ1) is 19.4. The Labute approximate surface area is 156 Å². The summed E-state index contributed by atoms with van der Waals surface area (Å²) in [6, 6.07) is 7.09. The minimum absolute atomic E-state index is 0.121. The Balaban J connectivity index is 2.09. The van der Waals surface area contributed by atoms with Gasteiger partial charge in [0.1, 0.15) is 9.88 Å². The first-order chi connectivity index (χ1) is 11.6. The van der Waals surface area contributed by atoms with Crippen molar-refractivity contribution in [3.8, 4) is 0 Å². The lowest BCUT2D eigenvalue weighted by Gasteiger charge is -2.25. The summed E-state index contributed by atoms with van der Waals surface area (Å²) in [6.45, 7) is 7.19. The van der Waals surface area contributed by atoms with Gasteiger partial charge in [0.25, 0.3) is 0 Å². The maximum Gasteiger partial charge on any atom is 0.347 e. The standard InChI is InChI=1S/C18H21ClN2O3S/c1-10-14(16(22)23)25-15(20-10)11(2)21-17(24)18(3,4)9-12-6-5-7-13(19)8-12/h5-8,11H,9H2,1-4H3,(H,21,24)(H,22,23). The third-order valence-corrected chi connectivity index (χ3v) is 5.44. The smallest absolute Gasteiger partial charge is 0.347 e. The number of nitrogens with one attached hydrogen (secondary N) is 1. The number of thiazole rings is 1. The highest BCUT2D eigenvalue weighted by molar-refractivity contribution is 7.13. The molecular weight excluding hydrogens is 360 g/mol. The number of halogens is 1. The summed E-state index contributed by atoms with van der Waals surface area (Å²) < 4.78 is 0. The predicted molar refractivity (Wildman–Crippen MR) is 99.3 cm³/mol. The third kappa shape index (κ3) is 4.80. The summed E-state index contributed by atoms with van der Waals surface area (Å²) in [6.07, 6.45) is 0.545. The zero-order valence-corrected chi connectivity index (χ0v) is 16.2. The number of carboxylic acid groups (broad SMARTS) is 1. The molecule has 1 heterocycles. The van der Waals surface area contributed by atoms with Crippen molar-refractivity contribution in [3.63, 3.8) is 0 Å². The van der Waals surface area contributed by atoms with Crippen molar-refractivity contribution < 1.29 is 14.7 Å². The summed E-state index contributed by atoms with van der Waals surface area (Å²) in [5.41, 5.74) is 0.811. The van der Waals surface area contributed by atoms with Crippen LogP contribution in [0.5, 0.6) is 0 Å². The fourth-order valence-electron chi connectivity index (χ4n) is 2.49. The van der Waals surface area contributed by atoms with E-state index in [1.807, 2.05) is 32.0 Å². The molecular formula is C18H21ClN2O3S. The number of nitrogens with zero attached hydrogens (tertiary/aromatic N) is 1. The fourth-order valence-corrected chi connectivity index (χ4v) is 3.61. The number of aromatic carboxylic acids is 1. The Morgan fingerprint density at radius 1 is 1.40 bits per heavy atom. The molecule has 0 saturated carbocycles. The summed E-state index contributed by atoms with van der Waals surface area (Å²) in [5, 5.41) is 13.3. The maximum atomic E-state index is 12.7. The summed E-state index contributed by atoms with van der Waals surface area (Å²) in [7, 11) is 0. The normalized spacial score (nSPS) is 12.7. The van der Waals surface area contributed by atoms with Crippen LogP contribution in [0.1, 0.15) is 52.7 Å². The molecule has 25 heavy (non-hydrogen) atoms. The van der Waals surface area contributed by atoms with Crippen LogP contribution in [0.3, 0.4) is 0 Å². The number of rotatable bonds is 6. The van der Waals surface area contributed by atoms with Crippen molar-refractivity contribution >= 4 is 34.8 Å². The van der Waals surface area contributed by atoms with Crippen LogP contribution in [0.25, 0.3) is 0 Å². The molecule has 0 bridgehead atoms. The molecule has 1 amide bonds. The van der Waals surface area contributed by atoms with Gasteiger partial charge in [-0.25, -0.2) is 9.78 Å². The second-order valence-electron chi connectivity index (χ2n) is 6.66. The monoisotopic (exact) mass is 380 g/mol. The Kier molecular flexibility index (Phi) is 5.85. The lowest BCUT2D eigenvalue weighted by atomic mass is 9.84. The zero-order chi connectivity index (χ0) is 18.8. The Bertz CT molecular complexity index is 801. The number of hydrogen-bond acceptors (Lipinski definition) is 4. The van der Waals surface area contributed by atoms with Gasteiger partial charge in [0.05, 0.1) is 11.7 Å². The Hall–Kier alpha value is -1.92. The zero-order valence-electron chi connectivity index (χ0n) is 14.6. The third-order valence-electron chi connectivity index (χ3n) is 3.88. The van der Waals surface area contributed by atoms with Crippen LogP contribution >= 0.6 is 22.9 Å². The highest BCUT2D eigenvalue weighted by atomic mass is 35.5. The quantitative estimate of drug-likeness (QED) is 0.785. The number of aromatic nitrogens is 1. The number of aryl methyl sites for hydroxylation is 1. The van der Waals surface area contributed by atoms with Crippen molar-refractivity contribution in [1.29, 1.82) is 0 Å². The highest BCUT2D eigenvalue weighted by Gasteiger charge is 2.30. The van der Waals surface area contributed by atoms with Crippen molar-refractivity contribution in [2.24, 2.45) is 5.41 Å². The van der Waals surface area contributed by atoms with Gasteiger partial charge in [-0.1, -0.05) is 37.6 Å². The van der Waals surface area contributed by atoms with Crippen LogP contribution in [-0.4, -0.2) is 22.0 Å². The Morgan fingerprint density at radius 2 is 2.08 bits per heavy atom. The molecule has 1 unspecified atom stereocenters. The number of carbonyl (C=O) groups excluding carboxylic acids is 1. The molecule has 0 aliphatic heterocycles. The molecule has 2 N–H and O–H groups in total. The Morgan fingerprint density at radius 3 is 2.64 bits per heavy atom. The van der Waals surface area contributed by atoms with Crippen LogP contribution in [0.15, 0.2) is 24.3 Å². The molecule has 0 radical (unpaired) electrons. The summed E-state index contributed by atoms with van der Waals surface area (Å²) >= 11 is 7.10. The first-order valence-electron chi connectivity index (χ1n) is 7.86. The van der Waals surface area contributed by atoms with E-state index < -0.39 is 11.4 Å². The number of amides is 1. The number of carbonyl (C=O) groups is 2. The van der Waals surface area contributed by atoms with Gasteiger partial charge in [-0.3, -0.25) is 4.79 Å². The molecule has 2 aromatic rings. The lowest BCUT2D eigenvalue weighted by molar-refractivity contribution is -0.130. The minimum atomic E-state index is -0.999. The summed E-state index contributed by atoms with van der Waals surface area (Å²) in [5.74, 6) is -1.12. The van der Waals surface area contributed by atoms with E-state index in [0.717, 1.165) is 16.9 Å². The largest absolute Gasteiger partial charge is 0.477 e. The molecule has 0 spiro atoms. The molecule has 0 fully saturated rings. The molecule has 1 aromatic heterocycles. The molecule has 5 nitrogen and oxygen atoms in total. The van der Waals surface area contributed by atoms with Crippen LogP contribution in [0, 0.1) is 12.3 Å². The van der Waals surface area contributed by atoms with Crippen LogP contribution in [-0.2, 0) is 11.2 Å². The van der Waals surface area contributed by atoms with E-state index in [1.54, 1.807) is 19.9 Å². The van der Waals surface area contributed by atoms with Gasteiger partial charge in [-0.05, 0) is 38.0 Å². The average molecular weight is 381 g/mol. The van der Waals surface area contributed by atoms with Crippen molar-refractivity contribution in [2.45, 2.75) is 40.2 Å². The lowest BCUT2D eigenvalue weighted by Crippen LogP contribution is -2.39. The fraction of sp³-hybridized carbons (Fsp3) is 0.389. The van der Waals surface area contributed by atoms with E-state index in [1.165, 1.54) is 0 Å². The number of benzene rings is 1. The molecule has 0 aliphatic carbocycles. The van der Waals surface area contributed by atoms with Crippen molar-refractivity contribution in [1.82, 2.24) is 10.3 Å². The van der Waals surface area contributed by atoms with Crippen molar-refractivity contribution in [2.75, 3.05) is 0 Å². The summed E-state index contributed by atoms with van der Waals surface area (Å²) in [4.78, 5) is 28.3. The van der Waals surface area contributed by atoms with Crippen LogP contribution < -0.4 is 5.32 Å². The van der Waals surface area contributed by atoms with E-state index in [9.17, 15) is 9.59 Å². The molecule has 2 rings (SSSR count). The van der Waals surface area contributed by atoms with Crippen LogP contribution in [0.2, 0.25) is 5.02 Å². The molecule has 0 saturated heterocycles. The van der Waals surface area contributed by atoms with Gasteiger partial charge < -0.3 is 10.4 Å². The number of hydrogen-bond donors (Lipinski definition) is 2. The maximum absolute atomic E-state index is 12.7. The number of carboxylic acids is 1. The van der Waals surface area contributed by atoms with Gasteiger partial charge in [-0.15, -0.1) is 11.3 Å². The molecule has 1 atom stereocenters. The molecule has 134 valence electrons. The van der Waals surface area contributed by atoms with E-state index in [4.69, 9.17) is 16.7 Å². The average Bonchev–Trinajstić information content (AvgIpc) is 2.89. The molecule has 0 aliphatic rings. The SMILES string of the molecule is Cc1nc(C(C)NC(=O)C(C)(C)Cc2cccc(Cl)c2)sc1C(=O)O. The van der Waals surface area contributed by atoms with Gasteiger partial charge in [-0.2, -0.15) is 0 Å². The van der Waals surface area contributed by atoms with Gasteiger partial charge >= 0.3 is 5.97 Å². The van der Waals surface area contributed by atoms with Crippen molar-refractivity contribution in [3.05, 3.63) is 50.4 Å². The minimum Gasteiger partial charge on any atom is -0.477 e. The second-order valence-corrected chi connectivity index (χ2v) is 8.12. The van der Waals surface area contributed by atoms with E-state index >= 15 is 0 Å². The topological polar surface area (TPSA) is 79.3 Å². The van der Waals surface area contributed by atoms with Gasteiger partial charge in [0, 0.05) is 10.4 Å². The van der Waals surface area contributed by atoms with E-state index in [0.29, 0.717) is 22.1 Å². The highest BCUT2D eigenvalue weighted by Crippen LogP contribution is 2.27. The van der Waals surface area contributed by atoms with Crippen LogP contribution in [0.4, 0.5) is 0 Å². The van der Waals surface area contributed by atoms with E-state index in [2.05, 4.69) is 10.3 Å². The van der Waals surface area contributed by atoms with Gasteiger partial charge in [0.15, 0.2) is 0 Å². The predicted octanol–water partition coefficient (Wildman–Crippen LogP) is 4.25. The van der Waals surface area contributed by atoms with Gasteiger partial charge in [0.2, 0.25) is 5.91 Å². The second kappa shape index (κ2) is 7.54. The molecule has 7 heteroatoms.